The molecule has 0 aliphatic rings. The highest BCUT2D eigenvalue weighted by Crippen LogP contribution is 2.17. The number of esters is 3. The van der Waals surface area contributed by atoms with Gasteiger partial charge in [-0.05, 0) is 25.2 Å². The quantitative estimate of drug-likeness (QED) is 0.0347. The first kappa shape index (κ1) is 54.4. The van der Waals surface area contributed by atoms with Crippen molar-refractivity contribution < 1.29 is 28.6 Å². The van der Waals surface area contributed by atoms with Gasteiger partial charge in [-0.2, -0.15) is 0 Å². The van der Waals surface area contributed by atoms with Gasteiger partial charge in [-0.1, -0.05) is 240 Å². The zero-order chi connectivity index (χ0) is 41.0. The monoisotopic (exact) mass is 793 g/mol. The van der Waals surface area contributed by atoms with Crippen molar-refractivity contribution in [3.8, 4) is 0 Å². The molecule has 0 bridgehead atoms. The van der Waals surface area contributed by atoms with Crippen LogP contribution in [0.4, 0.5) is 0 Å². The van der Waals surface area contributed by atoms with Crippen molar-refractivity contribution in [3.63, 3.8) is 0 Å². The molecule has 0 radical (unpaired) electrons. The Hall–Kier alpha value is -1.59. The second-order valence-corrected chi connectivity index (χ2v) is 17.6. The van der Waals surface area contributed by atoms with Crippen LogP contribution in [0.3, 0.4) is 0 Å². The van der Waals surface area contributed by atoms with Gasteiger partial charge in [0.1, 0.15) is 13.2 Å². The van der Waals surface area contributed by atoms with Crippen LogP contribution >= 0.6 is 0 Å². The Balaban J connectivity index is 4.21. The van der Waals surface area contributed by atoms with Gasteiger partial charge in [0.2, 0.25) is 0 Å². The second kappa shape index (κ2) is 44.5. The first-order chi connectivity index (χ1) is 27.4. The van der Waals surface area contributed by atoms with Crippen LogP contribution < -0.4 is 0 Å². The molecule has 0 rings (SSSR count). The topological polar surface area (TPSA) is 78.9 Å². The minimum Gasteiger partial charge on any atom is -0.462 e. The third-order valence-corrected chi connectivity index (χ3v) is 11.3. The molecule has 56 heavy (non-hydrogen) atoms. The second-order valence-electron chi connectivity index (χ2n) is 17.6. The van der Waals surface area contributed by atoms with Crippen molar-refractivity contribution in [2.75, 3.05) is 13.2 Å². The minimum atomic E-state index is -0.759. The molecule has 0 heterocycles. The molecule has 0 aliphatic heterocycles. The predicted molar refractivity (Wildman–Crippen MR) is 238 cm³/mol. The number of carbonyl (C=O) groups is 3. The number of ether oxygens (including phenoxy) is 3. The lowest BCUT2D eigenvalue weighted by Crippen LogP contribution is -2.30. The SMILES string of the molecule is CCCCCCCCCCCCCCCCCCC(=O)OC[C@H](COC(=O)CCCCCCCCC)OC(=O)CCCCCCCCCCCCCCC(C)C. The third kappa shape index (κ3) is 43.5. The zero-order valence-electron chi connectivity index (χ0n) is 38.1. The normalized spacial score (nSPS) is 11.9. The average Bonchev–Trinajstić information content (AvgIpc) is 3.18. The van der Waals surface area contributed by atoms with E-state index in [-0.39, 0.29) is 31.1 Å². The van der Waals surface area contributed by atoms with Crippen LogP contribution in [-0.2, 0) is 28.6 Å². The number of carbonyl (C=O) groups excluding carboxylic acids is 3. The summed E-state index contributed by atoms with van der Waals surface area (Å²) >= 11 is 0. The van der Waals surface area contributed by atoms with Crippen molar-refractivity contribution >= 4 is 17.9 Å². The summed E-state index contributed by atoms with van der Waals surface area (Å²) < 4.78 is 16.7. The van der Waals surface area contributed by atoms with Crippen molar-refractivity contribution in [2.45, 2.75) is 284 Å². The maximum atomic E-state index is 12.7. The molecule has 0 N–H and O–H groups in total. The molecule has 0 aromatic rings. The summed E-state index contributed by atoms with van der Waals surface area (Å²) in [6.07, 6.45) is 45.3. The minimum absolute atomic E-state index is 0.0634. The summed E-state index contributed by atoms with van der Waals surface area (Å²) in [4.78, 5) is 37.7. The van der Waals surface area contributed by atoms with Crippen molar-refractivity contribution in [1.82, 2.24) is 0 Å². The fraction of sp³-hybridized carbons (Fsp3) is 0.940. The highest BCUT2D eigenvalue weighted by atomic mass is 16.6. The van der Waals surface area contributed by atoms with E-state index in [9.17, 15) is 14.4 Å². The lowest BCUT2D eigenvalue weighted by Gasteiger charge is -2.18. The van der Waals surface area contributed by atoms with Crippen LogP contribution in [0, 0.1) is 5.92 Å². The van der Waals surface area contributed by atoms with Crippen LogP contribution in [0.2, 0.25) is 0 Å². The van der Waals surface area contributed by atoms with E-state index in [2.05, 4.69) is 27.7 Å². The molecule has 0 spiro atoms. The van der Waals surface area contributed by atoms with E-state index in [1.54, 1.807) is 0 Å². The van der Waals surface area contributed by atoms with Gasteiger partial charge < -0.3 is 14.2 Å². The van der Waals surface area contributed by atoms with Crippen LogP contribution in [0.5, 0.6) is 0 Å². The molecule has 1 atom stereocenters. The molecular weight excluding hydrogens is 697 g/mol. The molecule has 332 valence electrons. The van der Waals surface area contributed by atoms with Gasteiger partial charge in [0.25, 0.3) is 0 Å². The number of hydrogen-bond acceptors (Lipinski definition) is 6. The Morgan fingerprint density at radius 1 is 0.339 bits per heavy atom. The van der Waals surface area contributed by atoms with Gasteiger partial charge in [-0.25, -0.2) is 0 Å². The summed E-state index contributed by atoms with van der Waals surface area (Å²) in [5.41, 5.74) is 0. The largest absolute Gasteiger partial charge is 0.462 e. The zero-order valence-corrected chi connectivity index (χ0v) is 38.1. The molecule has 0 saturated heterocycles. The van der Waals surface area contributed by atoms with Crippen LogP contribution in [-0.4, -0.2) is 37.2 Å². The van der Waals surface area contributed by atoms with Crippen LogP contribution in [0.15, 0.2) is 0 Å². The molecule has 0 aromatic carbocycles. The molecule has 0 aromatic heterocycles. The highest BCUT2D eigenvalue weighted by Gasteiger charge is 2.19. The predicted octanol–water partition coefficient (Wildman–Crippen LogP) is 15.9. The Bertz CT molecular complexity index is 841. The van der Waals surface area contributed by atoms with E-state index < -0.39 is 6.10 Å². The standard InChI is InChI=1S/C50H96O6/c1-5-7-9-11-13-14-15-16-17-18-19-23-26-30-34-38-42-49(52)55-45-47(44-54-48(51)41-37-33-28-12-10-8-6-2)56-50(53)43-39-35-31-27-24-21-20-22-25-29-32-36-40-46(3)4/h46-47H,5-45H2,1-4H3/t47-/m0/s1. The molecule has 0 fully saturated rings. The van der Waals surface area contributed by atoms with Gasteiger partial charge in [0.05, 0.1) is 0 Å². The molecule has 0 amide bonds. The van der Waals surface area contributed by atoms with E-state index in [0.29, 0.717) is 19.3 Å². The van der Waals surface area contributed by atoms with E-state index in [0.717, 1.165) is 63.7 Å². The maximum Gasteiger partial charge on any atom is 0.306 e. The smallest absolute Gasteiger partial charge is 0.306 e. The summed E-state index contributed by atoms with van der Waals surface area (Å²) in [5, 5.41) is 0. The van der Waals surface area contributed by atoms with Gasteiger partial charge in [-0.15, -0.1) is 0 Å². The van der Waals surface area contributed by atoms with Crippen LogP contribution in [0.25, 0.3) is 0 Å². The molecular formula is C50H96O6. The number of hydrogen-bond donors (Lipinski definition) is 0. The van der Waals surface area contributed by atoms with E-state index in [4.69, 9.17) is 14.2 Å². The molecule has 6 heteroatoms. The van der Waals surface area contributed by atoms with Crippen molar-refractivity contribution in [3.05, 3.63) is 0 Å². The van der Waals surface area contributed by atoms with Gasteiger partial charge in [-0.3, -0.25) is 14.4 Å². The summed E-state index contributed by atoms with van der Waals surface area (Å²) in [6.45, 7) is 8.98. The van der Waals surface area contributed by atoms with Gasteiger partial charge >= 0.3 is 17.9 Å². The Labute approximate surface area is 348 Å². The molecule has 6 nitrogen and oxygen atoms in total. The lowest BCUT2D eigenvalue weighted by molar-refractivity contribution is -0.167. The third-order valence-electron chi connectivity index (χ3n) is 11.3. The molecule has 0 unspecified atom stereocenters. The summed E-state index contributed by atoms with van der Waals surface area (Å²) in [6, 6.07) is 0. The van der Waals surface area contributed by atoms with Crippen molar-refractivity contribution in [2.24, 2.45) is 5.92 Å². The Morgan fingerprint density at radius 2 is 0.589 bits per heavy atom. The van der Waals surface area contributed by atoms with Crippen LogP contribution in [0.1, 0.15) is 278 Å². The highest BCUT2D eigenvalue weighted by molar-refractivity contribution is 5.71. The number of rotatable bonds is 45. The van der Waals surface area contributed by atoms with E-state index in [1.807, 2.05) is 0 Å². The Morgan fingerprint density at radius 3 is 0.875 bits per heavy atom. The maximum absolute atomic E-state index is 12.7. The number of unbranched alkanes of at least 4 members (excludes halogenated alkanes) is 32. The summed E-state index contributed by atoms with van der Waals surface area (Å²) in [5.74, 6) is -0.0217. The first-order valence-electron chi connectivity index (χ1n) is 24.9. The first-order valence-corrected chi connectivity index (χ1v) is 24.9. The van der Waals surface area contributed by atoms with Gasteiger partial charge in [0, 0.05) is 19.3 Å². The van der Waals surface area contributed by atoms with E-state index in [1.165, 1.54) is 173 Å². The molecule has 0 aliphatic carbocycles. The Kier molecular flexibility index (Phi) is 43.2. The van der Waals surface area contributed by atoms with E-state index >= 15 is 0 Å². The fourth-order valence-corrected chi connectivity index (χ4v) is 7.51. The average molecular weight is 793 g/mol. The molecule has 0 saturated carbocycles. The van der Waals surface area contributed by atoms with Crippen molar-refractivity contribution in [1.29, 1.82) is 0 Å². The fourth-order valence-electron chi connectivity index (χ4n) is 7.51. The van der Waals surface area contributed by atoms with Gasteiger partial charge in [0.15, 0.2) is 6.10 Å². The summed E-state index contributed by atoms with van der Waals surface area (Å²) in [7, 11) is 0. The lowest BCUT2D eigenvalue weighted by atomic mass is 10.0.